The molecule has 12 heteroatoms. The Morgan fingerprint density at radius 2 is 1.58 bits per heavy atom. The Hall–Kier alpha value is -2.21. The van der Waals surface area contributed by atoms with Gasteiger partial charge < -0.3 is 28.8 Å². The molecule has 0 radical (unpaired) electrons. The van der Waals surface area contributed by atoms with E-state index in [1.807, 2.05) is 0 Å². The monoisotopic (exact) mass is 550 g/mol. The zero-order valence-corrected chi connectivity index (χ0v) is 20.7. The Bertz CT molecular complexity index is 922. The van der Waals surface area contributed by atoms with Crippen molar-refractivity contribution < 1.29 is 48.0 Å². The van der Waals surface area contributed by atoms with E-state index in [0.717, 1.165) is 27.7 Å². The van der Waals surface area contributed by atoms with Gasteiger partial charge in [-0.2, -0.15) is 0 Å². The minimum Gasteiger partial charge on any atom is -0.463 e. The first-order valence-electron chi connectivity index (χ1n) is 9.79. The van der Waals surface area contributed by atoms with Gasteiger partial charge in [0.2, 0.25) is 11.9 Å². The molecule has 1 aliphatic heterocycles. The van der Waals surface area contributed by atoms with Crippen molar-refractivity contribution in [1.82, 2.24) is 0 Å². The molecule has 1 N–H and O–H groups in total. The van der Waals surface area contributed by atoms with Crippen molar-refractivity contribution in [2.24, 2.45) is 0 Å². The second-order valence-corrected chi connectivity index (χ2v) is 8.24. The molecule has 1 fully saturated rings. The number of esters is 4. The number of hydrogen-bond donors (Lipinski definition) is 1. The van der Waals surface area contributed by atoms with Crippen LogP contribution in [0.3, 0.4) is 0 Å². The predicted molar refractivity (Wildman–Crippen MR) is 116 cm³/mol. The Labute approximate surface area is 203 Å². The molecule has 2 rings (SSSR count). The van der Waals surface area contributed by atoms with Crippen LogP contribution in [-0.4, -0.2) is 60.0 Å². The number of halogens is 2. The van der Waals surface area contributed by atoms with Crippen molar-refractivity contribution in [3.05, 3.63) is 34.3 Å². The molecular formula is C21H24BrClO10. The summed E-state index contributed by atoms with van der Waals surface area (Å²) in [7, 11) is 0. The molecule has 33 heavy (non-hydrogen) atoms. The molecule has 0 saturated carbocycles. The third-order valence-corrected chi connectivity index (χ3v) is 5.63. The highest BCUT2D eigenvalue weighted by molar-refractivity contribution is 9.08. The highest BCUT2D eigenvalue weighted by atomic mass is 79.9. The number of alkyl halides is 1. The predicted octanol–water partition coefficient (Wildman–Crippen LogP) is 2.14. The number of hydrogen-bond acceptors (Lipinski definition) is 10. The van der Waals surface area contributed by atoms with Crippen LogP contribution in [0.2, 0.25) is 5.02 Å². The van der Waals surface area contributed by atoms with E-state index < -0.39 is 60.7 Å². The lowest BCUT2D eigenvalue weighted by Gasteiger charge is -2.48. The topological polar surface area (TPSA) is 135 Å². The Morgan fingerprint density at radius 1 is 1.00 bits per heavy atom. The molecular weight excluding hydrogens is 528 g/mol. The minimum atomic E-state index is -2.39. The number of aliphatic hydroxyl groups is 1. The second-order valence-electron chi connectivity index (χ2n) is 7.27. The van der Waals surface area contributed by atoms with Crippen molar-refractivity contribution in [2.75, 3.05) is 6.61 Å². The van der Waals surface area contributed by atoms with Crippen LogP contribution in [0.25, 0.3) is 0 Å². The number of carbonyl (C=O) groups is 4. The van der Waals surface area contributed by atoms with Gasteiger partial charge in [-0.25, -0.2) is 0 Å². The number of benzene rings is 1. The van der Waals surface area contributed by atoms with Crippen LogP contribution >= 0.6 is 27.5 Å². The molecule has 1 heterocycles. The molecule has 10 nitrogen and oxygen atoms in total. The highest BCUT2D eigenvalue weighted by Gasteiger charge is 2.60. The second kappa shape index (κ2) is 11.3. The van der Waals surface area contributed by atoms with E-state index in [0.29, 0.717) is 15.9 Å². The van der Waals surface area contributed by atoms with Gasteiger partial charge >= 0.3 is 23.9 Å². The number of rotatable bonds is 7. The van der Waals surface area contributed by atoms with E-state index in [1.54, 1.807) is 0 Å². The van der Waals surface area contributed by atoms with E-state index in [9.17, 15) is 24.3 Å². The van der Waals surface area contributed by atoms with Crippen molar-refractivity contribution in [2.45, 2.75) is 63.2 Å². The molecule has 0 bridgehead atoms. The van der Waals surface area contributed by atoms with Gasteiger partial charge in [0, 0.05) is 43.6 Å². The molecule has 182 valence electrons. The van der Waals surface area contributed by atoms with E-state index in [2.05, 4.69) is 15.9 Å². The van der Waals surface area contributed by atoms with Crippen molar-refractivity contribution in [3.63, 3.8) is 0 Å². The minimum absolute atomic E-state index is 0.110. The summed E-state index contributed by atoms with van der Waals surface area (Å²) in [6.45, 7) is 3.98. The average Bonchev–Trinajstić information content (AvgIpc) is 2.70. The molecule has 1 aliphatic rings. The lowest BCUT2D eigenvalue weighted by molar-refractivity contribution is -0.360. The molecule has 0 aromatic heterocycles. The quantitative estimate of drug-likeness (QED) is 0.305. The normalized spacial score (nSPS) is 26.8. The Kier molecular flexibility index (Phi) is 9.24. The van der Waals surface area contributed by atoms with Gasteiger partial charge in [-0.3, -0.25) is 19.2 Å². The van der Waals surface area contributed by atoms with Gasteiger partial charge in [-0.1, -0.05) is 33.6 Å². The van der Waals surface area contributed by atoms with E-state index in [-0.39, 0.29) is 5.56 Å². The van der Waals surface area contributed by atoms with Crippen molar-refractivity contribution in [1.29, 1.82) is 0 Å². The maximum Gasteiger partial charge on any atom is 0.303 e. The summed E-state index contributed by atoms with van der Waals surface area (Å²) in [6.07, 6.45) is -5.82. The van der Waals surface area contributed by atoms with E-state index >= 15 is 0 Å². The van der Waals surface area contributed by atoms with E-state index in [4.69, 9.17) is 35.3 Å². The number of ether oxygens (including phenoxy) is 5. The summed E-state index contributed by atoms with van der Waals surface area (Å²) >= 11 is 9.47. The highest BCUT2D eigenvalue weighted by Crippen LogP contribution is 2.41. The molecule has 1 aromatic rings. The fourth-order valence-electron chi connectivity index (χ4n) is 3.41. The summed E-state index contributed by atoms with van der Waals surface area (Å²) in [5.41, 5.74) is 0.689. The zero-order valence-electron chi connectivity index (χ0n) is 18.3. The van der Waals surface area contributed by atoms with Gasteiger partial charge in [0.15, 0.2) is 12.2 Å². The smallest absolute Gasteiger partial charge is 0.303 e. The third-order valence-electron chi connectivity index (χ3n) is 4.66. The zero-order chi connectivity index (χ0) is 24.9. The summed E-state index contributed by atoms with van der Waals surface area (Å²) in [5, 5.41) is 12.4. The van der Waals surface area contributed by atoms with Gasteiger partial charge in [-0.05, 0) is 17.7 Å². The summed E-state index contributed by atoms with van der Waals surface area (Å²) in [4.78, 5) is 47.0. The third kappa shape index (κ3) is 6.66. The Morgan fingerprint density at radius 3 is 2.09 bits per heavy atom. The average molecular weight is 552 g/mol. The van der Waals surface area contributed by atoms with Crippen LogP contribution in [0.5, 0.6) is 0 Å². The van der Waals surface area contributed by atoms with Gasteiger partial charge in [-0.15, -0.1) is 0 Å². The molecule has 0 aliphatic carbocycles. The van der Waals surface area contributed by atoms with Crippen LogP contribution < -0.4 is 0 Å². The summed E-state index contributed by atoms with van der Waals surface area (Å²) < 4.78 is 26.8. The maximum atomic E-state index is 11.9. The van der Waals surface area contributed by atoms with Crippen LogP contribution in [0, 0.1) is 0 Å². The first-order valence-corrected chi connectivity index (χ1v) is 11.3. The first kappa shape index (κ1) is 27.0. The van der Waals surface area contributed by atoms with Crippen LogP contribution in [0.15, 0.2) is 18.2 Å². The SMILES string of the molecule is CC(=O)OC[C@H]1OC(O)(c2ccc(Cl)c(CBr)c2)[C@H](OC(C)=O)[C@@H](OC(C)=O)[C@@H]1OC(C)=O. The molecule has 5 atom stereocenters. The lowest BCUT2D eigenvalue weighted by Crippen LogP contribution is -2.66. The summed E-state index contributed by atoms with van der Waals surface area (Å²) in [6, 6.07) is 4.44. The molecule has 1 aromatic carbocycles. The van der Waals surface area contributed by atoms with Gasteiger partial charge in [0.1, 0.15) is 12.7 Å². The molecule has 0 spiro atoms. The first-order chi connectivity index (χ1) is 15.4. The van der Waals surface area contributed by atoms with Crippen LogP contribution in [-0.2, 0) is 54.0 Å². The Balaban J connectivity index is 2.68. The van der Waals surface area contributed by atoms with Crippen LogP contribution in [0.1, 0.15) is 38.8 Å². The van der Waals surface area contributed by atoms with E-state index in [1.165, 1.54) is 18.2 Å². The summed E-state index contributed by atoms with van der Waals surface area (Å²) in [5.74, 6) is -5.46. The van der Waals surface area contributed by atoms with Gasteiger partial charge in [0.25, 0.3) is 0 Å². The number of carbonyl (C=O) groups excluding carboxylic acids is 4. The largest absolute Gasteiger partial charge is 0.463 e. The standard InChI is InChI=1S/C21H24BrClO10/c1-10(24)29-9-17-18(30-11(2)25)19(31-12(3)26)20(32-13(4)27)21(28,33-17)15-5-6-16(23)14(7-15)8-22/h5-7,17-20,28H,8-9H2,1-4H3/t17-,18-,19+,20-,21?/m1/s1. The van der Waals surface area contributed by atoms with Crippen molar-refractivity contribution >= 4 is 51.4 Å². The maximum absolute atomic E-state index is 11.9. The molecule has 0 amide bonds. The molecule has 1 unspecified atom stereocenters. The van der Waals surface area contributed by atoms with Gasteiger partial charge in [0.05, 0.1) is 0 Å². The molecule has 1 saturated heterocycles. The fraction of sp³-hybridized carbons (Fsp3) is 0.524. The lowest BCUT2D eigenvalue weighted by atomic mass is 9.87. The van der Waals surface area contributed by atoms with Crippen molar-refractivity contribution in [3.8, 4) is 0 Å². The fourth-order valence-corrected chi connectivity index (χ4v) is 4.22. The van der Waals surface area contributed by atoms with Crippen LogP contribution in [0.4, 0.5) is 0 Å².